The predicted octanol–water partition coefficient (Wildman–Crippen LogP) is -0.0889. The molecule has 2 aromatic rings. The SMILES string of the molecule is O=c1ocnc2nc[nH]c12. The van der Waals surface area contributed by atoms with Gasteiger partial charge in [-0.15, -0.1) is 0 Å². The number of rotatable bonds is 0. The molecular formula is C5H3N3O2. The summed E-state index contributed by atoms with van der Waals surface area (Å²) in [6.07, 6.45) is 2.47. The molecule has 2 rings (SSSR count). The van der Waals surface area contributed by atoms with E-state index >= 15 is 0 Å². The van der Waals surface area contributed by atoms with Crippen LogP contribution in [0.4, 0.5) is 0 Å². The lowest BCUT2D eigenvalue weighted by atomic mass is 10.6. The van der Waals surface area contributed by atoms with Gasteiger partial charge in [-0.05, 0) is 0 Å². The summed E-state index contributed by atoms with van der Waals surface area (Å²) in [5.74, 6) is 0. The Hall–Kier alpha value is -1.65. The van der Waals surface area contributed by atoms with Crippen LogP contribution in [0.3, 0.4) is 0 Å². The molecule has 0 radical (unpaired) electrons. The minimum atomic E-state index is -0.442. The fraction of sp³-hybridized carbons (Fsp3) is 0. The number of imidazole rings is 1. The average Bonchev–Trinajstić information content (AvgIpc) is 2.36. The van der Waals surface area contributed by atoms with Crippen molar-refractivity contribution in [2.45, 2.75) is 0 Å². The molecule has 1 N–H and O–H groups in total. The predicted molar refractivity (Wildman–Crippen MR) is 32.4 cm³/mol. The van der Waals surface area contributed by atoms with E-state index in [4.69, 9.17) is 0 Å². The van der Waals surface area contributed by atoms with Crippen molar-refractivity contribution in [1.29, 1.82) is 0 Å². The van der Waals surface area contributed by atoms with Gasteiger partial charge in [0.05, 0.1) is 6.33 Å². The summed E-state index contributed by atoms with van der Waals surface area (Å²) in [6, 6.07) is 0. The Labute approximate surface area is 54.7 Å². The van der Waals surface area contributed by atoms with Crippen LogP contribution in [-0.2, 0) is 0 Å². The van der Waals surface area contributed by atoms with Gasteiger partial charge in [0.25, 0.3) is 0 Å². The van der Waals surface area contributed by atoms with E-state index in [2.05, 4.69) is 19.4 Å². The fourth-order valence-corrected chi connectivity index (χ4v) is 0.718. The summed E-state index contributed by atoms with van der Waals surface area (Å²) in [5, 5.41) is 0. The third-order valence-corrected chi connectivity index (χ3v) is 1.16. The van der Waals surface area contributed by atoms with Crippen molar-refractivity contribution in [2.75, 3.05) is 0 Å². The first-order valence-electron chi connectivity index (χ1n) is 2.65. The molecule has 0 aliphatic carbocycles. The van der Waals surface area contributed by atoms with Crippen LogP contribution < -0.4 is 5.63 Å². The van der Waals surface area contributed by atoms with Crippen LogP contribution in [0.5, 0.6) is 0 Å². The maximum absolute atomic E-state index is 10.8. The summed E-state index contributed by atoms with van der Waals surface area (Å²) in [4.78, 5) is 20.8. The Balaban J connectivity index is 3.09. The third kappa shape index (κ3) is 0.540. The van der Waals surface area contributed by atoms with Gasteiger partial charge < -0.3 is 9.40 Å². The lowest BCUT2D eigenvalue weighted by Crippen LogP contribution is -1.98. The molecule has 5 heteroatoms. The number of aromatic amines is 1. The molecule has 0 saturated carbocycles. The van der Waals surface area contributed by atoms with Crippen LogP contribution in [0.2, 0.25) is 0 Å². The zero-order valence-electron chi connectivity index (χ0n) is 4.87. The van der Waals surface area contributed by atoms with E-state index in [1.54, 1.807) is 0 Å². The van der Waals surface area contributed by atoms with Crippen molar-refractivity contribution in [3.05, 3.63) is 23.1 Å². The Bertz CT molecular complexity index is 402. The number of nitrogens with one attached hydrogen (secondary N) is 1. The molecular weight excluding hydrogens is 134 g/mol. The monoisotopic (exact) mass is 137 g/mol. The molecule has 0 saturated heterocycles. The van der Waals surface area contributed by atoms with Crippen molar-refractivity contribution < 1.29 is 4.42 Å². The average molecular weight is 137 g/mol. The summed E-state index contributed by atoms with van der Waals surface area (Å²) >= 11 is 0. The van der Waals surface area contributed by atoms with Gasteiger partial charge in [0.1, 0.15) is 0 Å². The second-order valence-electron chi connectivity index (χ2n) is 1.74. The number of hydrogen-bond acceptors (Lipinski definition) is 4. The molecule has 0 amide bonds. The van der Waals surface area contributed by atoms with Crippen LogP contribution >= 0.6 is 0 Å². The van der Waals surface area contributed by atoms with E-state index in [0.29, 0.717) is 11.2 Å². The second-order valence-corrected chi connectivity index (χ2v) is 1.74. The standard InChI is InChI=1S/C5H3N3O2/c9-5-3-4(7-1-6-3)8-2-10-5/h1-2H,(H,6,7). The molecule has 0 unspecified atom stereocenters. The first kappa shape index (κ1) is 5.16. The van der Waals surface area contributed by atoms with E-state index in [0.717, 1.165) is 6.39 Å². The Morgan fingerprint density at radius 1 is 1.50 bits per heavy atom. The zero-order chi connectivity index (χ0) is 6.97. The van der Waals surface area contributed by atoms with Crippen molar-refractivity contribution in [2.24, 2.45) is 0 Å². The van der Waals surface area contributed by atoms with Crippen LogP contribution in [0.15, 0.2) is 21.9 Å². The minimum absolute atomic E-state index is 0.308. The van der Waals surface area contributed by atoms with Crippen molar-refractivity contribution >= 4 is 11.2 Å². The van der Waals surface area contributed by atoms with Crippen LogP contribution in [-0.4, -0.2) is 15.0 Å². The Morgan fingerprint density at radius 2 is 2.40 bits per heavy atom. The summed E-state index contributed by atoms with van der Waals surface area (Å²) in [6.45, 7) is 0. The molecule has 0 fully saturated rings. The van der Waals surface area contributed by atoms with Gasteiger partial charge in [0.15, 0.2) is 17.6 Å². The van der Waals surface area contributed by atoms with E-state index in [9.17, 15) is 4.79 Å². The highest BCUT2D eigenvalue weighted by atomic mass is 16.4. The van der Waals surface area contributed by atoms with Crippen LogP contribution in [0, 0.1) is 0 Å². The smallest absolute Gasteiger partial charge is 0.365 e. The largest absolute Gasteiger partial charge is 0.410 e. The van der Waals surface area contributed by atoms with Gasteiger partial charge in [0, 0.05) is 0 Å². The van der Waals surface area contributed by atoms with Gasteiger partial charge in [-0.25, -0.2) is 9.78 Å². The molecule has 2 aromatic heterocycles. The zero-order valence-corrected chi connectivity index (χ0v) is 4.87. The Kier molecular flexibility index (Phi) is 0.858. The van der Waals surface area contributed by atoms with Gasteiger partial charge in [0.2, 0.25) is 0 Å². The highest BCUT2D eigenvalue weighted by molar-refractivity contribution is 5.66. The number of aromatic nitrogens is 3. The molecule has 0 aromatic carbocycles. The molecule has 0 aliphatic rings. The summed E-state index contributed by atoms with van der Waals surface area (Å²) in [7, 11) is 0. The molecule has 0 bridgehead atoms. The van der Waals surface area contributed by atoms with Gasteiger partial charge in [-0.3, -0.25) is 0 Å². The number of hydrogen-bond donors (Lipinski definition) is 1. The number of H-pyrrole nitrogens is 1. The van der Waals surface area contributed by atoms with Gasteiger partial charge in [-0.2, -0.15) is 4.98 Å². The minimum Gasteiger partial charge on any atom is -0.410 e. The summed E-state index contributed by atoms with van der Waals surface area (Å²) in [5.41, 5.74) is 0.251. The molecule has 50 valence electrons. The topological polar surface area (TPSA) is 71.8 Å². The van der Waals surface area contributed by atoms with E-state index < -0.39 is 5.63 Å². The highest BCUT2D eigenvalue weighted by Crippen LogP contribution is 1.95. The number of fused-ring (bicyclic) bond motifs is 1. The van der Waals surface area contributed by atoms with Crippen LogP contribution in [0.1, 0.15) is 0 Å². The van der Waals surface area contributed by atoms with E-state index in [-0.39, 0.29) is 0 Å². The van der Waals surface area contributed by atoms with Crippen LogP contribution in [0.25, 0.3) is 11.2 Å². The third-order valence-electron chi connectivity index (χ3n) is 1.16. The first-order chi connectivity index (χ1) is 4.88. The first-order valence-corrected chi connectivity index (χ1v) is 2.65. The molecule has 0 aliphatic heterocycles. The molecule has 5 nitrogen and oxygen atoms in total. The maximum Gasteiger partial charge on any atom is 0.365 e. The van der Waals surface area contributed by atoms with Gasteiger partial charge >= 0.3 is 5.63 Å². The Morgan fingerprint density at radius 3 is 3.20 bits per heavy atom. The molecule has 0 atom stereocenters. The lowest BCUT2D eigenvalue weighted by molar-refractivity contribution is 0.499. The fourth-order valence-electron chi connectivity index (χ4n) is 0.718. The lowest BCUT2D eigenvalue weighted by Gasteiger charge is -1.80. The maximum atomic E-state index is 10.8. The quantitative estimate of drug-likeness (QED) is 0.550. The molecule has 0 spiro atoms. The van der Waals surface area contributed by atoms with Crippen molar-refractivity contribution in [3.8, 4) is 0 Å². The van der Waals surface area contributed by atoms with Crippen molar-refractivity contribution in [1.82, 2.24) is 15.0 Å². The van der Waals surface area contributed by atoms with Gasteiger partial charge in [-0.1, -0.05) is 0 Å². The van der Waals surface area contributed by atoms with E-state index in [1.165, 1.54) is 6.33 Å². The van der Waals surface area contributed by atoms with Crippen molar-refractivity contribution in [3.63, 3.8) is 0 Å². The molecule has 10 heavy (non-hydrogen) atoms. The van der Waals surface area contributed by atoms with E-state index in [1.807, 2.05) is 0 Å². The second kappa shape index (κ2) is 1.66. The molecule has 2 heterocycles. The number of nitrogens with zero attached hydrogens (tertiary/aromatic N) is 2. The highest BCUT2D eigenvalue weighted by Gasteiger charge is 1.99. The summed E-state index contributed by atoms with van der Waals surface area (Å²) < 4.78 is 4.46. The normalized spacial score (nSPS) is 10.4.